The summed E-state index contributed by atoms with van der Waals surface area (Å²) in [5.74, 6) is -2.89. The third-order valence-electron chi connectivity index (χ3n) is 10.7. The molecule has 9 heteroatoms. The molecule has 0 radical (unpaired) electrons. The Balaban J connectivity index is 1.73. The van der Waals surface area contributed by atoms with Gasteiger partial charge in [-0.3, -0.25) is 19.2 Å². The lowest BCUT2D eigenvalue weighted by atomic mass is 9.38. The molecule has 2 saturated carbocycles. The number of cyclic esters (lactones) is 1. The minimum atomic E-state index is -2.00. The lowest BCUT2D eigenvalue weighted by molar-refractivity contribution is -0.198. The Bertz CT molecular complexity index is 1300. The molecule has 5 aliphatic rings. The number of ketones is 2. The van der Waals surface area contributed by atoms with E-state index in [0.29, 0.717) is 24.8 Å². The van der Waals surface area contributed by atoms with E-state index in [4.69, 9.17) is 14.2 Å². The van der Waals surface area contributed by atoms with E-state index in [1.165, 1.54) is 19.9 Å². The van der Waals surface area contributed by atoms with E-state index in [0.717, 1.165) is 6.08 Å². The van der Waals surface area contributed by atoms with Gasteiger partial charge < -0.3 is 19.3 Å². The molecule has 0 unspecified atom stereocenters. The molecule has 0 amide bonds. The SMILES string of the molecule is CC(=O)O[C@@H]1C[C@H]2C(C)(C)C(=O)C=C[C@@]2(C)[C@@H]2CC[C@]3(C)C(=CC(=O)[C@@]3(OC(C)=O)C3=CC(=O)O[C@H]3O)[C@@]12C. The second-order valence-corrected chi connectivity index (χ2v) is 13.0. The van der Waals surface area contributed by atoms with Crippen LogP contribution in [0.4, 0.5) is 0 Å². The van der Waals surface area contributed by atoms with E-state index in [-0.39, 0.29) is 23.2 Å². The topological polar surface area (TPSA) is 133 Å². The summed E-state index contributed by atoms with van der Waals surface area (Å²) in [6, 6.07) is 0. The number of carbonyl (C=O) groups is 5. The highest BCUT2D eigenvalue weighted by atomic mass is 16.6. The van der Waals surface area contributed by atoms with Crippen LogP contribution in [0.1, 0.15) is 67.7 Å². The number of aliphatic hydroxyl groups is 1. The standard InChI is InChI=1S/C30H36O9/c1-15(31)37-23-14-19-26(3,4)21(33)9-10-27(19,5)18-8-11-28(6)20(29(18,23)7)13-22(34)30(28,39-16(2)32)17-12-24(35)38-25(17)36/h9-10,12-13,18-19,23,25,36H,8,11,14H2,1-7H3/t18-,19-,23+,25+,27-,28+,29-,30-/m0/s1. The monoisotopic (exact) mass is 540 g/mol. The fourth-order valence-corrected chi connectivity index (χ4v) is 9.04. The normalized spacial score (nSPS) is 43.9. The highest BCUT2D eigenvalue weighted by Crippen LogP contribution is 2.73. The fraction of sp³-hybridized carbons (Fsp3) is 0.633. The Hall–Kier alpha value is -3.07. The highest BCUT2D eigenvalue weighted by molar-refractivity contribution is 6.08. The molecule has 0 aromatic heterocycles. The van der Waals surface area contributed by atoms with E-state index in [1.54, 1.807) is 13.0 Å². The molecule has 210 valence electrons. The molecule has 1 aliphatic heterocycles. The Morgan fingerprint density at radius 3 is 2.21 bits per heavy atom. The summed E-state index contributed by atoms with van der Waals surface area (Å²) in [6.07, 6.45) is 4.98. The van der Waals surface area contributed by atoms with Crippen LogP contribution in [0.2, 0.25) is 0 Å². The van der Waals surface area contributed by atoms with Gasteiger partial charge in [0, 0.05) is 36.2 Å². The number of allylic oxidation sites excluding steroid dienone is 2. The summed E-state index contributed by atoms with van der Waals surface area (Å²) in [4.78, 5) is 64.1. The van der Waals surface area contributed by atoms with Crippen molar-refractivity contribution in [2.75, 3.05) is 0 Å². The molecule has 5 rings (SSSR count). The van der Waals surface area contributed by atoms with Gasteiger partial charge >= 0.3 is 17.9 Å². The summed E-state index contributed by atoms with van der Waals surface area (Å²) >= 11 is 0. The Kier molecular flexibility index (Phi) is 5.80. The van der Waals surface area contributed by atoms with Gasteiger partial charge in [-0.1, -0.05) is 40.7 Å². The number of aliphatic hydroxyl groups excluding tert-OH is 1. The molecule has 0 aromatic carbocycles. The summed E-state index contributed by atoms with van der Waals surface area (Å²) in [5, 5.41) is 10.7. The van der Waals surface area contributed by atoms with Crippen LogP contribution in [0.15, 0.2) is 35.5 Å². The molecule has 8 atom stereocenters. The number of fused-ring (bicyclic) bond motifs is 5. The van der Waals surface area contributed by atoms with Crippen molar-refractivity contribution >= 4 is 29.5 Å². The third-order valence-corrected chi connectivity index (χ3v) is 10.7. The van der Waals surface area contributed by atoms with Gasteiger partial charge in [-0.15, -0.1) is 0 Å². The molecule has 0 spiro atoms. The van der Waals surface area contributed by atoms with Crippen LogP contribution in [0, 0.1) is 33.5 Å². The summed E-state index contributed by atoms with van der Waals surface area (Å²) in [6.45, 7) is 12.3. The molecule has 4 aliphatic carbocycles. The van der Waals surface area contributed by atoms with Gasteiger partial charge in [-0.2, -0.15) is 0 Å². The quantitative estimate of drug-likeness (QED) is 0.423. The molecule has 39 heavy (non-hydrogen) atoms. The van der Waals surface area contributed by atoms with Crippen molar-refractivity contribution in [1.29, 1.82) is 0 Å². The summed E-state index contributed by atoms with van der Waals surface area (Å²) < 4.78 is 16.8. The zero-order valence-electron chi connectivity index (χ0n) is 23.5. The number of ether oxygens (including phenoxy) is 3. The molecular weight excluding hydrogens is 504 g/mol. The first-order valence-corrected chi connectivity index (χ1v) is 13.4. The average molecular weight is 541 g/mol. The molecule has 1 heterocycles. The van der Waals surface area contributed by atoms with E-state index < -0.39 is 63.3 Å². The maximum atomic E-state index is 14.1. The Morgan fingerprint density at radius 1 is 0.974 bits per heavy atom. The van der Waals surface area contributed by atoms with Crippen LogP contribution in [0.25, 0.3) is 0 Å². The van der Waals surface area contributed by atoms with Crippen molar-refractivity contribution < 1.29 is 43.3 Å². The molecule has 0 aromatic rings. The highest BCUT2D eigenvalue weighted by Gasteiger charge is 2.75. The fourth-order valence-electron chi connectivity index (χ4n) is 9.04. The zero-order valence-corrected chi connectivity index (χ0v) is 23.5. The molecule has 9 nitrogen and oxygen atoms in total. The number of hydrogen-bond acceptors (Lipinski definition) is 9. The van der Waals surface area contributed by atoms with Crippen molar-refractivity contribution in [2.45, 2.75) is 85.7 Å². The molecule has 1 N–H and O–H groups in total. The number of esters is 3. The van der Waals surface area contributed by atoms with Gasteiger partial charge in [0.1, 0.15) is 6.10 Å². The average Bonchev–Trinajstić information content (AvgIpc) is 3.26. The first-order valence-electron chi connectivity index (χ1n) is 13.4. The van der Waals surface area contributed by atoms with Gasteiger partial charge in [0.15, 0.2) is 5.78 Å². The molecular formula is C30H36O9. The lowest BCUT2D eigenvalue weighted by Crippen LogP contribution is -2.66. The van der Waals surface area contributed by atoms with Crippen molar-refractivity contribution in [2.24, 2.45) is 33.5 Å². The summed E-state index contributed by atoms with van der Waals surface area (Å²) in [7, 11) is 0. The van der Waals surface area contributed by atoms with Crippen LogP contribution < -0.4 is 0 Å². The van der Waals surface area contributed by atoms with Crippen molar-refractivity contribution in [1.82, 2.24) is 0 Å². The molecule has 2 fully saturated rings. The van der Waals surface area contributed by atoms with Gasteiger partial charge in [0.2, 0.25) is 17.7 Å². The van der Waals surface area contributed by atoms with Crippen LogP contribution in [0.3, 0.4) is 0 Å². The smallest absolute Gasteiger partial charge is 0.333 e. The Labute approximate surface area is 227 Å². The van der Waals surface area contributed by atoms with Crippen LogP contribution in [0.5, 0.6) is 0 Å². The number of rotatable bonds is 3. The minimum Gasteiger partial charge on any atom is -0.462 e. The van der Waals surface area contributed by atoms with E-state index in [9.17, 15) is 29.1 Å². The van der Waals surface area contributed by atoms with Gasteiger partial charge in [-0.25, -0.2) is 4.79 Å². The van der Waals surface area contributed by atoms with Crippen molar-refractivity contribution in [3.63, 3.8) is 0 Å². The number of carbonyl (C=O) groups excluding carboxylic acids is 5. The predicted molar refractivity (Wildman–Crippen MR) is 136 cm³/mol. The van der Waals surface area contributed by atoms with Crippen molar-refractivity contribution in [3.8, 4) is 0 Å². The predicted octanol–water partition coefficient (Wildman–Crippen LogP) is 3.14. The first-order chi connectivity index (χ1) is 18.0. The van der Waals surface area contributed by atoms with Crippen LogP contribution >= 0.6 is 0 Å². The van der Waals surface area contributed by atoms with E-state index in [1.807, 2.05) is 26.8 Å². The zero-order chi connectivity index (χ0) is 28.9. The van der Waals surface area contributed by atoms with E-state index in [2.05, 4.69) is 6.92 Å². The maximum Gasteiger partial charge on any atom is 0.333 e. The second kappa shape index (κ2) is 8.22. The maximum absolute atomic E-state index is 14.1. The molecule has 0 saturated heterocycles. The minimum absolute atomic E-state index is 0.0201. The summed E-state index contributed by atoms with van der Waals surface area (Å²) in [5.41, 5.74) is -4.70. The lowest BCUT2D eigenvalue weighted by Gasteiger charge is -2.66. The van der Waals surface area contributed by atoms with Crippen LogP contribution in [-0.2, 0) is 38.2 Å². The van der Waals surface area contributed by atoms with Gasteiger partial charge in [0.05, 0.1) is 5.57 Å². The number of hydrogen-bond donors (Lipinski definition) is 1. The van der Waals surface area contributed by atoms with Crippen molar-refractivity contribution in [3.05, 3.63) is 35.5 Å². The first kappa shape index (κ1) is 27.5. The van der Waals surface area contributed by atoms with Gasteiger partial charge in [0.25, 0.3) is 0 Å². The third kappa shape index (κ3) is 3.31. The van der Waals surface area contributed by atoms with Crippen LogP contribution in [-0.4, -0.2) is 52.6 Å². The Morgan fingerprint density at radius 2 is 1.64 bits per heavy atom. The van der Waals surface area contributed by atoms with E-state index >= 15 is 0 Å². The van der Waals surface area contributed by atoms with Gasteiger partial charge in [-0.05, 0) is 54.2 Å². The second-order valence-electron chi connectivity index (χ2n) is 13.0. The largest absolute Gasteiger partial charge is 0.462 e. The molecule has 0 bridgehead atoms.